The molecule has 2 aromatic rings. The summed E-state index contributed by atoms with van der Waals surface area (Å²) in [5.41, 5.74) is 1.47. The Bertz CT molecular complexity index is 988. The normalized spacial score (nSPS) is 33.0. The maximum atomic E-state index is 13.1. The molecule has 0 aromatic heterocycles. The zero-order valence-corrected chi connectivity index (χ0v) is 18.4. The number of methoxy groups -OCH3 is 1. The molecule has 164 valence electrons. The minimum Gasteiger partial charge on any atom is -0.504 e. The Kier molecular flexibility index (Phi) is 4.78. The molecule has 5 atom stereocenters. The van der Waals surface area contributed by atoms with Crippen molar-refractivity contribution in [3.63, 3.8) is 0 Å². The number of rotatable bonds is 4. The summed E-state index contributed by atoms with van der Waals surface area (Å²) in [6.45, 7) is 5.22. The van der Waals surface area contributed by atoms with Gasteiger partial charge in [0.05, 0.1) is 13.2 Å². The largest absolute Gasteiger partial charge is 0.504 e. The molecular formula is C26H31NO4. The molecule has 2 bridgehead atoms. The van der Waals surface area contributed by atoms with Gasteiger partial charge in [0.15, 0.2) is 11.5 Å². The summed E-state index contributed by atoms with van der Waals surface area (Å²) in [7, 11) is 1.57. The Hall–Kier alpha value is -2.53. The van der Waals surface area contributed by atoms with E-state index in [-0.39, 0.29) is 40.6 Å². The van der Waals surface area contributed by atoms with Crippen LogP contribution in [0.1, 0.15) is 55.1 Å². The number of aromatic hydroxyl groups is 1. The summed E-state index contributed by atoms with van der Waals surface area (Å²) >= 11 is 0. The molecule has 5 nitrogen and oxygen atoms in total. The van der Waals surface area contributed by atoms with Gasteiger partial charge in [-0.15, -0.1) is 0 Å². The van der Waals surface area contributed by atoms with Gasteiger partial charge in [-0.1, -0.05) is 44.2 Å². The Morgan fingerprint density at radius 2 is 1.94 bits per heavy atom. The average Bonchev–Trinajstić information content (AvgIpc) is 3.27. The van der Waals surface area contributed by atoms with E-state index in [1.807, 2.05) is 42.5 Å². The predicted octanol–water partition coefficient (Wildman–Crippen LogP) is 4.71. The van der Waals surface area contributed by atoms with Crippen LogP contribution in [0, 0.1) is 22.7 Å². The minimum absolute atomic E-state index is 0.00776. The Morgan fingerprint density at radius 1 is 1.16 bits per heavy atom. The third-order valence-corrected chi connectivity index (χ3v) is 8.37. The van der Waals surface area contributed by atoms with Crippen molar-refractivity contribution in [1.29, 1.82) is 0 Å². The molecule has 3 aliphatic rings. The lowest BCUT2D eigenvalue weighted by Crippen LogP contribution is -2.58. The highest BCUT2D eigenvalue weighted by Gasteiger charge is 2.68. The highest BCUT2D eigenvalue weighted by atomic mass is 16.5. The summed E-state index contributed by atoms with van der Waals surface area (Å²) in [6, 6.07) is 15.1. The predicted molar refractivity (Wildman–Crippen MR) is 118 cm³/mol. The van der Waals surface area contributed by atoms with Crippen LogP contribution in [0.5, 0.6) is 11.5 Å². The van der Waals surface area contributed by atoms with E-state index in [0.29, 0.717) is 23.8 Å². The Balaban J connectivity index is 1.50. The molecule has 2 aromatic carbocycles. The first-order valence-corrected chi connectivity index (χ1v) is 11.2. The van der Waals surface area contributed by atoms with Gasteiger partial charge < -0.3 is 19.9 Å². The van der Waals surface area contributed by atoms with Crippen LogP contribution in [0.25, 0.3) is 0 Å². The van der Waals surface area contributed by atoms with Crippen LogP contribution in [0.4, 0.5) is 0 Å². The van der Waals surface area contributed by atoms with E-state index in [2.05, 4.69) is 19.2 Å². The van der Waals surface area contributed by atoms with E-state index in [1.165, 1.54) is 0 Å². The molecular weight excluding hydrogens is 390 g/mol. The molecule has 3 fully saturated rings. The van der Waals surface area contributed by atoms with E-state index in [4.69, 9.17) is 9.47 Å². The lowest BCUT2D eigenvalue weighted by molar-refractivity contribution is -0.121. The molecule has 1 heterocycles. The van der Waals surface area contributed by atoms with E-state index in [0.717, 1.165) is 24.8 Å². The number of carbonyl (C=O) groups excluding carboxylic acids is 1. The quantitative estimate of drug-likeness (QED) is 0.750. The van der Waals surface area contributed by atoms with Gasteiger partial charge in [0.1, 0.15) is 0 Å². The van der Waals surface area contributed by atoms with E-state index in [9.17, 15) is 9.90 Å². The number of benzene rings is 2. The molecule has 1 amide bonds. The summed E-state index contributed by atoms with van der Waals surface area (Å²) in [5, 5.41) is 14.3. The molecule has 0 unspecified atom stereocenters. The minimum atomic E-state index is -0.193. The van der Waals surface area contributed by atoms with Crippen molar-refractivity contribution in [1.82, 2.24) is 5.32 Å². The van der Waals surface area contributed by atoms with E-state index in [1.54, 1.807) is 13.2 Å². The number of carbonyl (C=O) groups is 1. The lowest BCUT2D eigenvalue weighted by Gasteiger charge is -2.53. The number of hydrogen-bond donors (Lipinski definition) is 2. The van der Waals surface area contributed by atoms with Gasteiger partial charge in [-0.05, 0) is 60.1 Å². The van der Waals surface area contributed by atoms with Crippen molar-refractivity contribution in [3.05, 3.63) is 59.7 Å². The number of amides is 1. The van der Waals surface area contributed by atoms with Gasteiger partial charge in [0.2, 0.25) is 0 Å². The monoisotopic (exact) mass is 421 g/mol. The second kappa shape index (κ2) is 7.27. The molecule has 1 saturated heterocycles. The van der Waals surface area contributed by atoms with Crippen LogP contribution in [-0.4, -0.2) is 30.8 Å². The fourth-order valence-corrected chi connectivity index (χ4v) is 6.83. The molecule has 1 aliphatic heterocycles. The second-order valence-electron chi connectivity index (χ2n) is 10.0. The van der Waals surface area contributed by atoms with Gasteiger partial charge >= 0.3 is 0 Å². The van der Waals surface area contributed by atoms with Crippen LogP contribution < -0.4 is 10.1 Å². The SMILES string of the molecule is COc1cccc([C@H]2OCC[C@@]34C[C@@H](C[C@H]23)C(C)(C)[C@@H]4NC(=O)c2ccccc2)c1O. The summed E-state index contributed by atoms with van der Waals surface area (Å²) < 4.78 is 11.6. The Morgan fingerprint density at radius 3 is 2.68 bits per heavy atom. The van der Waals surface area contributed by atoms with Crippen LogP contribution in [0.2, 0.25) is 0 Å². The van der Waals surface area contributed by atoms with Gasteiger partial charge in [0, 0.05) is 23.8 Å². The maximum absolute atomic E-state index is 13.1. The first kappa shape index (κ1) is 20.4. The molecule has 0 radical (unpaired) electrons. The number of phenolic OH excluding ortho intramolecular Hbond substituents is 1. The number of para-hydroxylation sites is 1. The second-order valence-corrected chi connectivity index (χ2v) is 10.0. The highest BCUT2D eigenvalue weighted by Crippen LogP contribution is 2.71. The van der Waals surface area contributed by atoms with Gasteiger partial charge in [-0.25, -0.2) is 0 Å². The zero-order valence-electron chi connectivity index (χ0n) is 18.4. The average molecular weight is 422 g/mol. The molecule has 2 aliphatic carbocycles. The molecule has 5 heteroatoms. The summed E-state index contributed by atoms with van der Waals surface area (Å²) in [4.78, 5) is 13.1. The third-order valence-electron chi connectivity index (χ3n) is 8.37. The molecule has 5 rings (SSSR count). The number of phenols is 1. The van der Waals surface area contributed by atoms with Crippen LogP contribution >= 0.6 is 0 Å². The molecule has 2 saturated carbocycles. The van der Waals surface area contributed by atoms with Crippen molar-refractivity contribution in [2.45, 2.75) is 45.3 Å². The summed E-state index contributed by atoms with van der Waals surface area (Å²) in [5.74, 6) is 1.39. The van der Waals surface area contributed by atoms with Gasteiger partial charge in [-0.3, -0.25) is 4.79 Å². The maximum Gasteiger partial charge on any atom is 0.251 e. The van der Waals surface area contributed by atoms with Crippen LogP contribution in [-0.2, 0) is 4.74 Å². The third kappa shape index (κ3) is 2.97. The Labute approximate surface area is 183 Å². The standard InChI is InChI=1S/C26H31NO4/c1-25(2)17-14-19-22(18-10-7-11-20(30-3)21(18)28)31-13-12-26(19,15-17)24(25)27-23(29)16-8-5-4-6-9-16/h4-11,17,19,22,24,28H,12-15H2,1-3H3,(H,27,29)/t17-,19-,22-,24+,26-/m1/s1. The number of hydrogen-bond acceptors (Lipinski definition) is 4. The van der Waals surface area contributed by atoms with Crippen molar-refractivity contribution < 1.29 is 19.4 Å². The van der Waals surface area contributed by atoms with Gasteiger partial charge in [0.25, 0.3) is 5.91 Å². The van der Waals surface area contributed by atoms with E-state index >= 15 is 0 Å². The topological polar surface area (TPSA) is 67.8 Å². The fourth-order valence-electron chi connectivity index (χ4n) is 6.83. The fraction of sp³-hybridized carbons (Fsp3) is 0.500. The van der Waals surface area contributed by atoms with Crippen molar-refractivity contribution >= 4 is 5.91 Å². The van der Waals surface area contributed by atoms with Crippen LogP contribution in [0.15, 0.2) is 48.5 Å². The number of ether oxygens (including phenoxy) is 2. The van der Waals surface area contributed by atoms with E-state index < -0.39 is 0 Å². The molecule has 1 spiro atoms. The first-order chi connectivity index (χ1) is 14.9. The summed E-state index contributed by atoms with van der Waals surface area (Å²) in [6.07, 6.45) is 2.88. The number of nitrogens with one attached hydrogen (secondary N) is 1. The number of fused-ring (bicyclic) bond motifs is 1. The zero-order chi connectivity index (χ0) is 21.8. The van der Waals surface area contributed by atoms with Crippen molar-refractivity contribution in [3.8, 4) is 11.5 Å². The first-order valence-electron chi connectivity index (χ1n) is 11.2. The van der Waals surface area contributed by atoms with Crippen molar-refractivity contribution in [2.75, 3.05) is 13.7 Å². The molecule has 31 heavy (non-hydrogen) atoms. The highest BCUT2D eigenvalue weighted by molar-refractivity contribution is 5.94. The lowest BCUT2D eigenvalue weighted by atomic mass is 9.58. The van der Waals surface area contributed by atoms with Crippen LogP contribution in [0.3, 0.4) is 0 Å². The smallest absolute Gasteiger partial charge is 0.251 e. The van der Waals surface area contributed by atoms with Gasteiger partial charge in [-0.2, -0.15) is 0 Å². The van der Waals surface area contributed by atoms with Crippen molar-refractivity contribution in [2.24, 2.45) is 22.7 Å². The molecule has 2 N–H and O–H groups in total.